The second kappa shape index (κ2) is 8.31. The zero-order chi connectivity index (χ0) is 19.5. The number of nitrogens with zero attached hydrogens (tertiary/aromatic N) is 2. The summed E-state index contributed by atoms with van der Waals surface area (Å²) >= 11 is 0. The summed E-state index contributed by atoms with van der Waals surface area (Å²) in [6.07, 6.45) is 5.12. The number of carbonyl (C=O) groups excluding carboxylic acids is 2. The van der Waals surface area contributed by atoms with Gasteiger partial charge in [-0.3, -0.25) is 14.5 Å². The number of fused-ring (bicyclic) bond motifs is 1. The van der Waals surface area contributed by atoms with E-state index in [2.05, 4.69) is 25.5 Å². The van der Waals surface area contributed by atoms with Gasteiger partial charge in [0.1, 0.15) is 5.82 Å². The maximum atomic E-state index is 12.6. The van der Waals surface area contributed by atoms with E-state index in [1.807, 2.05) is 24.3 Å². The second-order valence-corrected chi connectivity index (χ2v) is 8.14. The van der Waals surface area contributed by atoms with Gasteiger partial charge in [0, 0.05) is 38.5 Å². The second-order valence-electron chi connectivity index (χ2n) is 8.14. The predicted octanol–water partition coefficient (Wildman–Crippen LogP) is 1.95. The predicted molar refractivity (Wildman–Crippen MR) is 107 cm³/mol. The van der Waals surface area contributed by atoms with E-state index in [-0.39, 0.29) is 17.9 Å². The van der Waals surface area contributed by atoms with Gasteiger partial charge in [0.25, 0.3) is 0 Å². The molecular formula is C21H29N5O2. The van der Waals surface area contributed by atoms with Gasteiger partial charge in [0.15, 0.2) is 0 Å². The van der Waals surface area contributed by atoms with Gasteiger partial charge in [-0.1, -0.05) is 12.1 Å². The Hall–Kier alpha value is -2.41. The van der Waals surface area contributed by atoms with Crippen molar-refractivity contribution in [2.24, 2.45) is 5.92 Å². The van der Waals surface area contributed by atoms with Crippen molar-refractivity contribution in [2.75, 3.05) is 13.1 Å². The molecule has 1 aliphatic carbocycles. The Bertz CT molecular complexity index is 811. The molecule has 2 heterocycles. The molecule has 2 atom stereocenters. The Morgan fingerprint density at radius 2 is 1.93 bits per heavy atom. The molecule has 0 radical (unpaired) electrons. The summed E-state index contributed by atoms with van der Waals surface area (Å²) in [4.78, 5) is 34.1. The van der Waals surface area contributed by atoms with Crippen molar-refractivity contribution in [3.8, 4) is 0 Å². The molecule has 7 heteroatoms. The molecule has 28 heavy (non-hydrogen) atoms. The van der Waals surface area contributed by atoms with Crippen LogP contribution in [0.1, 0.15) is 44.9 Å². The SMILES string of the molecule is CC(=O)NC[C@H]1CC[C@@H](CC(=O)NCc2nc3ccccc3[nH]2)N1CC1CC1. The standard InChI is InChI=1S/C21H29N5O2/c1-14(27)22-11-17-9-8-16(26(17)13-15-6-7-15)10-21(28)23-12-20-24-18-4-2-3-5-19(18)25-20/h2-5,15-17H,6-13H2,1H3,(H,22,27)(H,23,28)(H,24,25)/t16-,17+/m0/s1. The number of para-hydroxylation sites is 2. The van der Waals surface area contributed by atoms with Crippen LogP contribution in [0.15, 0.2) is 24.3 Å². The number of rotatable bonds is 8. The van der Waals surface area contributed by atoms with Crippen LogP contribution < -0.4 is 10.6 Å². The monoisotopic (exact) mass is 383 g/mol. The van der Waals surface area contributed by atoms with Gasteiger partial charge in [0.05, 0.1) is 17.6 Å². The third-order valence-electron chi connectivity index (χ3n) is 5.84. The highest BCUT2D eigenvalue weighted by molar-refractivity contribution is 5.77. The maximum absolute atomic E-state index is 12.6. The van der Waals surface area contributed by atoms with Crippen molar-refractivity contribution < 1.29 is 9.59 Å². The quantitative estimate of drug-likeness (QED) is 0.650. The molecule has 2 aromatic rings. The number of likely N-dealkylation sites (tertiary alicyclic amines) is 1. The third-order valence-corrected chi connectivity index (χ3v) is 5.84. The molecule has 2 fully saturated rings. The van der Waals surface area contributed by atoms with Gasteiger partial charge in [-0.25, -0.2) is 4.98 Å². The normalized spacial score (nSPS) is 22.5. The van der Waals surface area contributed by atoms with Crippen LogP contribution in [-0.4, -0.2) is 51.9 Å². The first-order valence-corrected chi connectivity index (χ1v) is 10.3. The first kappa shape index (κ1) is 18.9. The molecule has 1 aromatic heterocycles. The molecule has 1 aliphatic heterocycles. The third kappa shape index (κ3) is 4.70. The van der Waals surface area contributed by atoms with Gasteiger partial charge >= 0.3 is 0 Å². The fourth-order valence-corrected chi connectivity index (χ4v) is 4.17. The molecule has 0 spiro atoms. The lowest BCUT2D eigenvalue weighted by molar-refractivity contribution is -0.123. The van der Waals surface area contributed by atoms with Gasteiger partial charge in [-0.15, -0.1) is 0 Å². The average Bonchev–Trinajstić information content (AvgIpc) is 3.27. The molecule has 7 nitrogen and oxygen atoms in total. The number of benzene rings is 1. The lowest BCUT2D eigenvalue weighted by atomic mass is 10.1. The Kier molecular flexibility index (Phi) is 5.62. The Morgan fingerprint density at radius 1 is 1.14 bits per heavy atom. The van der Waals surface area contributed by atoms with Crippen LogP contribution in [0.2, 0.25) is 0 Å². The zero-order valence-corrected chi connectivity index (χ0v) is 16.4. The fraction of sp³-hybridized carbons (Fsp3) is 0.571. The summed E-state index contributed by atoms with van der Waals surface area (Å²) in [7, 11) is 0. The van der Waals surface area contributed by atoms with Gasteiger partial charge in [-0.2, -0.15) is 0 Å². The number of hydrogen-bond acceptors (Lipinski definition) is 4. The summed E-state index contributed by atoms with van der Waals surface area (Å²) in [5.41, 5.74) is 1.90. The Morgan fingerprint density at radius 3 is 2.68 bits per heavy atom. The average molecular weight is 383 g/mol. The van der Waals surface area contributed by atoms with Crippen molar-refractivity contribution in [1.82, 2.24) is 25.5 Å². The molecule has 2 amide bonds. The minimum absolute atomic E-state index is 0.0124. The first-order chi connectivity index (χ1) is 13.6. The number of nitrogens with one attached hydrogen (secondary N) is 3. The van der Waals surface area contributed by atoms with Crippen LogP contribution >= 0.6 is 0 Å². The molecule has 1 saturated heterocycles. The number of imidazole rings is 1. The van der Waals surface area contributed by atoms with E-state index < -0.39 is 0 Å². The van der Waals surface area contributed by atoms with Gasteiger partial charge in [0.2, 0.25) is 11.8 Å². The number of carbonyl (C=O) groups is 2. The topological polar surface area (TPSA) is 90.1 Å². The van der Waals surface area contributed by atoms with E-state index in [1.54, 1.807) is 6.92 Å². The van der Waals surface area contributed by atoms with Gasteiger partial charge < -0.3 is 15.6 Å². The molecule has 1 aromatic carbocycles. The molecule has 150 valence electrons. The van der Waals surface area contributed by atoms with E-state index >= 15 is 0 Å². The van der Waals surface area contributed by atoms with Crippen LogP contribution in [0.3, 0.4) is 0 Å². The largest absolute Gasteiger partial charge is 0.355 e. The summed E-state index contributed by atoms with van der Waals surface area (Å²) < 4.78 is 0. The minimum atomic E-state index is 0.0124. The first-order valence-electron chi connectivity index (χ1n) is 10.3. The number of aromatic amines is 1. The highest BCUT2D eigenvalue weighted by Gasteiger charge is 2.37. The zero-order valence-electron chi connectivity index (χ0n) is 16.4. The van der Waals surface area contributed by atoms with Crippen LogP contribution in [0, 0.1) is 5.92 Å². The molecule has 2 aliphatic rings. The van der Waals surface area contributed by atoms with E-state index in [0.29, 0.717) is 25.6 Å². The Labute approximate surface area is 165 Å². The number of amides is 2. The highest BCUT2D eigenvalue weighted by Crippen LogP contribution is 2.35. The van der Waals surface area contributed by atoms with Crippen molar-refractivity contribution >= 4 is 22.8 Å². The van der Waals surface area contributed by atoms with Crippen LogP contribution in [0.25, 0.3) is 11.0 Å². The maximum Gasteiger partial charge on any atom is 0.221 e. The highest BCUT2D eigenvalue weighted by atomic mass is 16.2. The fourth-order valence-electron chi connectivity index (χ4n) is 4.17. The number of hydrogen-bond donors (Lipinski definition) is 3. The van der Waals surface area contributed by atoms with E-state index in [9.17, 15) is 9.59 Å². The summed E-state index contributed by atoms with van der Waals surface area (Å²) in [6.45, 7) is 3.70. The van der Waals surface area contributed by atoms with Crippen LogP contribution in [0.4, 0.5) is 0 Å². The molecule has 4 rings (SSSR count). The van der Waals surface area contributed by atoms with Crippen molar-refractivity contribution in [2.45, 2.75) is 57.7 Å². The molecule has 3 N–H and O–H groups in total. The lowest BCUT2D eigenvalue weighted by Gasteiger charge is -2.30. The number of aromatic nitrogens is 2. The van der Waals surface area contributed by atoms with Crippen LogP contribution in [0.5, 0.6) is 0 Å². The van der Waals surface area contributed by atoms with E-state index in [0.717, 1.165) is 42.2 Å². The summed E-state index contributed by atoms with van der Waals surface area (Å²) in [5.74, 6) is 1.61. The van der Waals surface area contributed by atoms with E-state index in [1.165, 1.54) is 12.8 Å². The smallest absolute Gasteiger partial charge is 0.221 e. The van der Waals surface area contributed by atoms with Crippen molar-refractivity contribution in [1.29, 1.82) is 0 Å². The summed E-state index contributed by atoms with van der Waals surface area (Å²) in [5, 5.41) is 5.96. The molecule has 0 unspecified atom stereocenters. The van der Waals surface area contributed by atoms with E-state index in [4.69, 9.17) is 0 Å². The van der Waals surface area contributed by atoms with Crippen molar-refractivity contribution in [3.05, 3.63) is 30.1 Å². The molecular weight excluding hydrogens is 354 g/mol. The minimum Gasteiger partial charge on any atom is -0.355 e. The van der Waals surface area contributed by atoms with Gasteiger partial charge in [-0.05, 0) is 43.7 Å². The number of H-pyrrole nitrogens is 1. The Balaban J connectivity index is 1.31. The summed E-state index contributed by atoms with van der Waals surface area (Å²) in [6, 6.07) is 8.47. The molecule has 0 bridgehead atoms. The van der Waals surface area contributed by atoms with Crippen LogP contribution in [-0.2, 0) is 16.1 Å². The molecule has 1 saturated carbocycles. The van der Waals surface area contributed by atoms with Crippen molar-refractivity contribution in [3.63, 3.8) is 0 Å². The lowest BCUT2D eigenvalue weighted by Crippen LogP contribution is -2.45.